The summed E-state index contributed by atoms with van der Waals surface area (Å²) in [7, 11) is 1.23. The molecule has 1 aromatic rings. The fraction of sp³-hybridized carbons (Fsp3) is 0.143. The van der Waals surface area contributed by atoms with E-state index in [-0.39, 0.29) is 5.57 Å². The van der Waals surface area contributed by atoms with E-state index in [1.807, 2.05) is 0 Å². The molecule has 18 heavy (non-hydrogen) atoms. The van der Waals surface area contributed by atoms with Crippen LogP contribution in [0.3, 0.4) is 0 Å². The van der Waals surface area contributed by atoms with E-state index in [0.717, 1.165) is 0 Å². The first kappa shape index (κ1) is 13.5. The molecular weight excluding hydrogens is 230 g/mol. The molecule has 0 fully saturated rings. The third-order valence-corrected chi connectivity index (χ3v) is 2.10. The molecule has 1 aromatic carbocycles. The molecule has 0 aliphatic rings. The van der Waals surface area contributed by atoms with E-state index in [1.54, 1.807) is 36.4 Å². The molecule has 0 atom stereocenters. The molecule has 0 amide bonds. The van der Waals surface area contributed by atoms with Crippen LogP contribution in [0.4, 0.5) is 0 Å². The first-order valence-electron chi connectivity index (χ1n) is 5.25. The van der Waals surface area contributed by atoms with E-state index in [2.05, 4.69) is 11.3 Å². The van der Waals surface area contributed by atoms with Crippen LogP contribution in [-0.2, 0) is 9.53 Å². The van der Waals surface area contributed by atoms with E-state index in [4.69, 9.17) is 10.00 Å². The summed E-state index contributed by atoms with van der Waals surface area (Å²) in [5, 5.41) is 8.88. The minimum absolute atomic E-state index is 0.0767. The Morgan fingerprint density at radius 3 is 2.83 bits per heavy atom. The lowest BCUT2D eigenvalue weighted by molar-refractivity contribution is -0.135. The van der Waals surface area contributed by atoms with Gasteiger partial charge < -0.3 is 9.47 Å². The van der Waals surface area contributed by atoms with Crippen molar-refractivity contribution in [1.29, 1.82) is 5.26 Å². The Bertz CT molecular complexity index is 512. The maximum atomic E-state index is 11.3. The summed E-state index contributed by atoms with van der Waals surface area (Å²) < 4.78 is 9.93. The summed E-state index contributed by atoms with van der Waals surface area (Å²) in [4.78, 5) is 11.3. The lowest BCUT2D eigenvalue weighted by Crippen LogP contribution is -2.03. The summed E-state index contributed by atoms with van der Waals surface area (Å²) in [6.07, 6.45) is 3.05. The molecule has 0 radical (unpaired) electrons. The van der Waals surface area contributed by atoms with Gasteiger partial charge >= 0.3 is 5.97 Å². The van der Waals surface area contributed by atoms with E-state index in [0.29, 0.717) is 17.9 Å². The molecule has 0 saturated heterocycles. The van der Waals surface area contributed by atoms with Crippen LogP contribution in [0.25, 0.3) is 6.08 Å². The van der Waals surface area contributed by atoms with Gasteiger partial charge in [-0.25, -0.2) is 4.79 Å². The van der Waals surface area contributed by atoms with Gasteiger partial charge in [-0.15, -0.1) is 0 Å². The van der Waals surface area contributed by atoms with E-state index in [1.165, 1.54) is 13.2 Å². The SMILES string of the molecule is C=CCOc1ccccc1/C=C(\C#N)C(=O)OC. The van der Waals surface area contributed by atoms with Crippen LogP contribution >= 0.6 is 0 Å². The van der Waals surface area contributed by atoms with Crippen molar-refractivity contribution in [2.75, 3.05) is 13.7 Å². The number of carbonyl (C=O) groups excluding carboxylic acids is 1. The molecule has 0 bridgehead atoms. The average molecular weight is 243 g/mol. The number of nitriles is 1. The van der Waals surface area contributed by atoms with Crippen molar-refractivity contribution in [2.24, 2.45) is 0 Å². The monoisotopic (exact) mass is 243 g/mol. The Kier molecular flexibility index (Phi) is 5.20. The molecule has 0 N–H and O–H groups in total. The van der Waals surface area contributed by atoms with Gasteiger partial charge in [0.15, 0.2) is 0 Å². The first-order valence-corrected chi connectivity index (χ1v) is 5.25. The van der Waals surface area contributed by atoms with E-state index in [9.17, 15) is 4.79 Å². The van der Waals surface area contributed by atoms with Gasteiger partial charge in [0, 0.05) is 5.56 Å². The topological polar surface area (TPSA) is 59.3 Å². The molecule has 0 heterocycles. The van der Waals surface area contributed by atoms with Crippen molar-refractivity contribution in [2.45, 2.75) is 0 Å². The van der Waals surface area contributed by atoms with Crippen molar-refractivity contribution in [1.82, 2.24) is 0 Å². The quantitative estimate of drug-likeness (QED) is 0.344. The summed E-state index contributed by atoms with van der Waals surface area (Å²) in [6, 6.07) is 8.89. The molecule has 0 aliphatic heterocycles. The molecule has 4 heteroatoms. The lowest BCUT2D eigenvalue weighted by atomic mass is 10.1. The zero-order valence-electron chi connectivity index (χ0n) is 10.1. The molecular formula is C14H13NO3. The van der Waals surface area contributed by atoms with Gasteiger partial charge in [0.05, 0.1) is 7.11 Å². The van der Waals surface area contributed by atoms with Crippen LogP contribution < -0.4 is 4.74 Å². The number of methoxy groups -OCH3 is 1. The smallest absolute Gasteiger partial charge is 0.348 e. The Hall–Kier alpha value is -2.54. The van der Waals surface area contributed by atoms with Gasteiger partial charge in [-0.2, -0.15) is 5.26 Å². The first-order chi connectivity index (χ1) is 8.72. The average Bonchev–Trinajstić information content (AvgIpc) is 2.42. The van der Waals surface area contributed by atoms with Gasteiger partial charge in [0.2, 0.25) is 0 Å². The number of ether oxygens (including phenoxy) is 2. The number of rotatable bonds is 5. The van der Waals surface area contributed by atoms with Crippen molar-refractivity contribution >= 4 is 12.0 Å². The van der Waals surface area contributed by atoms with Crippen LogP contribution in [0, 0.1) is 11.3 Å². The zero-order chi connectivity index (χ0) is 13.4. The number of benzene rings is 1. The third-order valence-electron chi connectivity index (χ3n) is 2.10. The number of carbonyl (C=O) groups is 1. The molecule has 0 spiro atoms. The van der Waals surface area contributed by atoms with E-state index >= 15 is 0 Å². The van der Waals surface area contributed by atoms with Crippen LogP contribution in [0.15, 0.2) is 42.5 Å². The normalized spacial score (nSPS) is 10.3. The zero-order valence-corrected chi connectivity index (χ0v) is 10.1. The number of para-hydroxylation sites is 1. The Morgan fingerprint density at radius 1 is 1.50 bits per heavy atom. The molecule has 0 unspecified atom stereocenters. The van der Waals surface area contributed by atoms with Crippen molar-refractivity contribution in [3.8, 4) is 11.8 Å². The summed E-state index contributed by atoms with van der Waals surface area (Å²) in [6.45, 7) is 3.91. The second-order valence-electron chi connectivity index (χ2n) is 3.30. The fourth-order valence-corrected chi connectivity index (χ4v) is 1.28. The predicted molar refractivity (Wildman–Crippen MR) is 67.7 cm³/mol. The van der Waals surface area contributed by atoms with Crippen LogP contribution in [0.5, 0.6) is 5.75 Å². The van der Waals surface area contributed by atoms with Gasteiger partial charge in [-0.3, -0.25) is 0 Å². The number of hydrogen-bond donors (Lipinski definition) is 0. The van der Waals surface area contributed by atoms with Crippen molar-refractivity contribution < 1.29 is 14.3 Å². The summed E-state index contributed by atoms with van der Waals surface area (Å²) in [5.41, 5.74) is 0.563. The van der Waals surface area contributed by atoms with Gasteiger partial charge in [-0.05, 0) is 12.1 Å². The predicted octanol–water partition coefficient (Wildman–Crippen LogP) is 2.33. The highest BCUT2D eigenvalue weighted by molar-refractivity contribution is 5.98. The second-order valence-corrected chi connectivity index (χ2v) is 3.30. The number of esters is 1. The van der Waals surface area contributed by atoms with Gasteiger partial charge in [0.25, 0.3) is 0 Å². The molecule has 0 aliphatic carbocycles. The minimum Gasteiger partial charge on any atom is -0.489 e. The largest absolute Gasteiger partial charge is 0.489 e. The summed E-state index contributed by atoms with van der Waals surface area (Å²) in [5.74, 6) is -0.0925. The van der Waals surface area contributed by atoms with Gasteiger partial charge in [0.1, 0.15) is 24.0 Å². The van der Waals surface area contributed by atoms with Crippen LogP contribution in [0.2, 0.25) is 0 Å². The van der Waals surface area contributed by atoms with Crippen molar-refractivity contribution in [3.05, 3.63) is 48.1 Å². The third kappa shape index (κ3) is 3.49. The number of nitrogens with zero attached hydrogens (tertiary/aromatic N) is 1. The maximum Gasteiger partial charge on any atom is 0.348 e. The molecule has 0 saturated carbocycles. The van der Waals surface area contributed by atoms with Crippen LogP contribution in [-0.4, -0.2) is 19.7 Å². The fourth-order valence-electron chi connectivity index (χ4n) is 1.28. The molecule has 0 aromatic heterocycles. The van der Waals surface area contributed by atoms with Gasteiger partial charge in [-0.1, -0.05) is 30.9 Å². The maximum absolute atomic E-state index is 11.3. The summed E-state index contributed by atoms with van der Waals surface area (Å²) >= 11 is 0. The van der Waals surface area contributed by atoms with Crippen molar-refractivity contribution in [3.63, 3.8) is 0 Å². The lowest BCUT2D eigenvalue weighted by Gasteiger charge is -2.07. The Labute approximate surface area is 106 Å². The van der Waals surface area contributed by atoms with Crippen LogP contribution in [0.1, 0.15) is 5.56 Å². The highest BCUT2D eigenvalue weighted by Crippen LogP contribution is 2.21. The molecule has 1 rings (SSSR count). The standard InChI is InChI=1S/C14H13NO3/c1-3-8-18-13-7-5-4-6-11(13)9-12(10-15)14(16)17-2/h3-7,9H,1,8H2,2H3/b12-9+. The Balaban J connectivity index is 3.09. The highest BCUT2D eigenvalue weighted by atomic mass is 16.5. The highest BCUT2D eigenvalue weighted by Gasteiger charge is 2.10. The molecule has 4 nitrogen and oxygen atoms in total. The molecule has 92 valence electrons. The second kappa shape index (κ2) is 6.92. The Morgan fingerprint density at radius 2 is 2.22 bits per heavy atom. The minimum atomic E-state index is -0.670. The number of hydrogen-bond acceptors (Lipinski definition) is 4. The van der Waals surface area contributed by atoms with E-state index < -0.39 is 5.97 Å².